The number of imidazole rings is 1. The van der Waals surface area contributed by atoms with Gasteiger partial charge >= 0.3 is 0 Å². The van der Waals surface area contributed by atoms with Gasteiger partial charge in [-0.2, -0.15) is 0 Å². The number of aryl methyl sites for hydroxylation is 1. The van der Waals surface area contributed by atoms with Crippen molar-refractivity contribution in [3.8, 4) is 0 Å². The van der Waals surface area contributed by atoms with E-state index in [0.717, 1.165) is 31.6 Å². The molecule has 5 heteroatoms. The highest BCUT2D eigenvalue weighted by atomic mass is 16.1. The number of hydrogen-bond acceptors (Lipinski definition) is 3. The highest BCUT2D eigenvalue weighted by Crippen LogP contribution is 2.22. The molecular formula is C20H28N4O. The summed E-state index contributed by atoms with van der Waals surface area (Å²) in [6.45, 7) is 9.30. The molecule has 2 aromatic rings. The lowest BCUT2D eigenvalue weighted by molar-refractivity contribution is 0.0937. The lowest BCUT2D eigenvalue weighted by Gasteiger charge is -2.19. The van der Waals surface area contributed by atoms with Crippen LogP contribution in [0.3, 0.4) is 0 Å². The van der Waals surface area contributed by atoms with Crippen molar-refractivity contribution in [2.45, 2.75) is 45.2 Å². The number of nitrogens with one attached hydrogen (secondary N) is 1. The summed E-state index contributed by atoms with van der Waals surface area (Å²) in [5, 5.41) is 3.17. The average molecular weight is 340 g/mol. The molecule has 3 rings (SSSR count). The molecular weight excluding hydrogens is 312 g/mol. The van der Waals surface area contributed by atoms with Gasteiger partial charge in [0.1, 0.15) is 0 Å². The molecule has 0 spiro atoms. The Morgan fingerprint density at radius 3 is 2.60 bits per heavy atom. The van der Waals surface area contributed by atoms with Crippen molar-refractivity contribution in [3.05, 3.63) is 53.6 Å². The summed E-state index contributed by atoms with van der Waals surface area (Å²) >= 11 is 0. The Morgan fingerprint density at radius 1 is 1.28 bits per heavy atom. The molecule has 0 radical (unpaired) electrons. The second kappa shape index (κ2) is 7.00. The molecule has 1 fully saturated rings. The van der Waals surface area contributed by atoms with Gasteiger partial charge in [0.05, 0.1) is 12.0 Å². The van der Waals surface area contributed by atoms with Crippen molar-refractivity contribution in [1.29, 1.82) is 0 Å². The molecule has 5 nitrogen and oxygen atoms in total. The van der Waals surface area contributed by atoms with Crippen molar-refractivity contribution in [1.82, 2.24) is 19.8 Å². The van der Waals surface area contributed by atoms with E-state index in [1.807, 2.05) is 36.3 Å². The first-order valence-electron chi connectivity index (χ1n) is 8.92. The number of nitrogens with zero attached hydrogens (tertiary/aromatic N) is 3. The maximum absolute atomic E-state index is 12.5. The Kier molecular flexibility index (Phi) is 4.95. The van der Waals surface area contributed by atoms with E-state index in [1.54, 1.807) is 0 Å². The second-order valence-electron chi connectivity index (χ2n) is 8.02. The van der Waals surface area contributed by atoms with Crippen molar-refractivity contribution < 1.29 is 4.79 Å². The summed E-state index contributed by atoms with van der Waals surface area (Å²) in [5.74, 6) is 0.0212. The number of amides is 1. The fourth-order valence-electron chi connectivity index (χ4n) is 3.25. The molecule has 1 amide bonds. The van der Waals surface area contributed by atoms with Gasteiger partial charge < -0.3 is 9.88 Å². The van der Waals surface area contributed by atoms with E-state index >= 15 is 0 Å². The standard InChI is InChI=1S/C20H28N4O/c1-20(2,3)16-7-5-15(6-8-16)19(25)22-17-9-10-24(12-17)13-18-11-21-14-23(18)4/h5-8,11,14,17H,9-10,12-13H2,1-4H3,(H,22,25)/t17-/m1/s1. The topological polar surface area (TPSA) is 50.2 Å². The summed E-state index contributed by atoms with van der Waals surface area (Å²) in [5.41, 5.74) is 3.28. The molecule has 0 saturated carbocycles. The van der Waals surface area contributed by atoms with Crippen LogP contribution in [0.2, 0.25) is 0 Å². The van der Waals surface area contributed by atoms with Crippen LogP contribution in [0.1, 0.15) is 48.8 Å². The summed E-state index contributed by atoms with van der Waals surface area (Å²) in [7, 11) is 2.01. The van der Waals surface area contributed by atoms with Gasteiger partial charge in [0, 0.05) is 44.5 Å². The number of rotatable bonds is 4. The summed E-state index contributed by atoms with van der Waals surface area (Å²) in [6.07, 6.45) is 4.72. The molecule has 1 aromatic heterocycles. The summed E-state index contributed by atoms with van der Waals surface area (Å²) in [6, 6.07) is 8.18. The van der Waals surface area contributed by atoms with Crippen LogP contribution >= 0.6 is 0 Å². The molecule has 1 atom stereocenters. The van der Waals surface area contributed by atoms with E-state index < -0.39 is 0 Å². The molecule has 0 unspecified atom stereocenters. The Hall–Kier alpha value is -2.14. The maximum Gasteiger partial charge on any atom is 0.251 e. The first kappa shape index (κ1) is 17.7. The zero-order valence-electron chi connectivity index (χ0n) is 15.6. The Labute approximate surface area is 150 Å². The zero-order chi connectivity index (χ0) is 18.0. The van der Waals surface area contributed by atoms with Crippen molar-refractivity contribution in [3.63, 3.8) is 0 Å². The second-order valence-corrected chi connectivity index (χ2v) is 8.02. The van der Waals surface area contributed by atoms with Gasteiger partial charge in [-0.25, -0.2) is 4.98 Å². The SMILES string of the molecule is Cn1cncc1CN1CC[C@@H](NC(=O)c2ccc(C(C)(C)C)cc2)C1. The molecule has 25 heavy (non-hydrogen) atoms. The third kappa shape index (κ3) is 4.28. The number of aromatic nitrogens is 2. The number of hydrogen-bond donors (Lipinski definition) is 1. The zero-order valence-corrected chi connectivity index (χ0v) is 15.6. The van der Waals surface area contributed by atoms with Gasteiger partial charge in [0.15, 0.2) is 0 Å². The molecule has 1 aliphatic heterocycles. The third-order valence-corrected chi connectivity index (χ3v) is 4.92. The van der Waals surface area contributed by atoms with E-state index in [0.29, 0.717) is 0 Å². The van der Waals surface area contributed by atoms with Crippen LogP contribution in [0.5, 0.6) is 0 Å². The van der Waals surface area contributed by atoms with E-state index in [-0.39, 0.29) is 17.4 Å². The highest BCUT2D eigenvalue weighted by molar-refractivity contribution is 5.94. The van der Waals surface area contributed by atoms with Gasteiger partial charge in [-0.05, 0) is 29.5 Å². The molecule has 0 aliphatic carbocycles. The van der Waals surface area contributed by atoms with Crippen LogP contribution in [0.15, 0.2) is 36.8 Å². The number of likely N-dealkylation sites (tertiary alicyclic amines) is 1. The minimum atomic E-state index is 0.0212. The smallest absolute Gasteiger partial charge is 0.251 e. The molecule has 1 N–H and O–H groups in total. The largest absolute Gasteiger partial charge is 0.348 e. The Balaban J connectivity index is 1.54. The predicted octanol–water partition coefficient (Wildman–Crippen LogP) is 2.72. The number of benzene rings is 1. The molecule has 0 bridgehead atoms. The van der Waals surface area contributed by atoms with E-state index in [1.165, 1.54) is 11.3 Å². The van der Waals surface area contributed by atoms with Crippen LogP contribution < -0.4 is 5.32 Å². The molecule has 1 aromatic carbocycles. The molecule has 2 heterocycles. The van der Waals surface area contributed by atoms with E-state index in [2.05, 4.69) is 48.1 Å². The first-order valence-corrected chi connectivity index (χ1v) is 8.92. The van der Waals surface area contributed by atoms with Crippen molar-refractivity contribution in [2.75, 3.05) is 13.1 Å². The fourth-order valence-corrected chi connectivity index (χ4v) is 3.25. The van der Waals surface area contributed by atoms with Gasteiger partial charge in [-0.1, -0.05) is 32.9 Å². The number of carbonyl (C=O) groups excluding carboxylic acids is 1. The van der Waals surface area contributed by atoms with Crippen LogP contribution in [0.25, 0.3) is 0 Å². The normalized spacial score (nSPS) is 18.5. The quantitative estimate of drug-likeness (QED) is 0.931. The average Bonchev–Trinajstić information content (AvgIpc) is 3.16. The van der Waals surface area contributed by atoms with Crippen molar-refractivity contribution >= 4 is 5.91 Å². The van der Waals surface area contributed by atoms with Crippen LogP contribution in [0, 0.1) is 0 Å². The highest BCUT2D eigenvalue weighted by Gasteiger charge is 2.25. The van der Waals surface area contributed by atoms with Crippen LogP contribution in [0.4, 0.5) is 0 Å². The van der Waals surface area contributed by atoms with E-state index in [4.69, 9.17) is 0 Å². The van der Waals surface area contributed by atoms with Crippen molar-refractivity contribution in [2.24, 2.45) is 7.05 Å². The molecule has 134 valence electrons. The van der Waals surface area contributed by atoms with Crippen LogP contribution in [-0.4, -0.2) is 39.5 Å². The van der Waals surface area contributed by atoms with Gasteiger partial charge in [-0.3, -0.25) is 9.69 Å². The lowest BCUT2D eigenvalue weighted by Crippen LogP contribution is -2.37. The monoisotopic (exact) mass is 340 g/mol. The number of carbonyl (C=O) groups is 1. The van der Waals surface area contributed by atoms with Gasteiger partial charge in [0.25, 0.3) is 5.91 Å². The van der Waals surface area contributed by atoms with Gasteiger partial charge in [0.2, 0.25) is 0 Å². The third-order valence-electron chi connectivity index (χ3n) is 4.92. The van der Waals surface area contributed by atoms with Crippen LogP contribution in [-0.2, 0) is 19.0 Å². The summed E-state index contributed by atoms with van der Waals surface area (Å²) in [4.78, 5) is 19.0. The van der Waals surface area contributed by atoms with Gasteiger partial charge in [-0.15, -0.1) is 0 Å². The Morgan fingerprint density at radius 2 is 2.00 bits per heavy atom. The summed E-state index contributed by atoms with van der Waals surface area (Å²) < 4.78 is 2.04. The molecule has 1 saturated heterocycles. The molecule has 1 aliphatic rings. The minimum Gasteiger partial charge on any atom is -0.348 e. The lowest BCUT2D eigenvalue weighted by atomic mass is 9.86. The Bertz CT molecular complexity index is 727. The minimum absolute atomic E-state index is 0.0212. The fraction of sp³-hybridized carbons (Fsp3) is 0.500. The maximum atomic E-state index is 12.5. The predicted molar refractivity (Wildman–Crippen MR) is 99.5 cm³/mol. The first-order chi connectivity index (χ1) is 11.8. The van der Waals surface area contributed by atoms with E-state index in [9.17, 15) is 4.79 Å².